The van der Waals surface area contributed by atoms with Gasteiger partial charge in [0.25, 0.3) is 0 Å². The summed E-state index contributed by atoms with van der Waals surface area (Å²) in [4.78, 5) is 0. The third-order valence-electron chi connectivity index (χ3n) is 3.13. The van der Waals surface area contributed by atoms with E-state index >= 15 is 0 Å². The zero-order valence-corrected chi connectivity index (χ0v) is 12.7. The monoisotopic (exact) mass is 267 g/mol. The third kappa shape index (κ3) is 5.32. The zero-order chi connectivity index (χ0) is 13.5. The van der Waals surface area contributed by atoms with Crippen LogP contribution in [-0.4, -0.2) is 22.3 Å². The van der Waals surface area contributed by atoms with Crippen LogP contribution in [0.3, 0.4) is 0 Å². The molecule has 2 nitrogen and oxygen atoms in total. The predicted octanol–water partition coefficient (Wildman–Crippen LogP) is 3.13. The average Bonchev–Trinajstić information content (AvgIpc) is 2.34. The van der Waals surface area contributed by atoms with E-state index in [1.807, 2.05) is 6.07 Å². The van der Waals surface area contributed by atoms with Crippen LogP contribution in [0.15, 0.2) is 30.3 Å². The number of hydrogen-bond acceptors (Lipinski definition) is 2. The van der Waals surface area contributed by atoms with E-state index < -0.39 is 10.8 Å². The van der Waals surface area contributed by atoms with E-state index in [9.17, 15) is 4.21 Å². The fraction of sp³-hybridized carbons (Fsp3) is 0.600. The molecule has 0 aliphatic carbocycles. The average molecular weight is 267 g/mol. The van der Waals surface area contributed by atoms with Gasteiger partial charge in [0, 0.05) is 34.9 Å². The minimum absolute atomic E-state index is 0.367. The summed E-state index contributed by atoms with van der Waals surface area (Å²) in [5.74, 6) is 1.32. The lowest BCUT2D eigenvalue weighted by Crippen LogP contribution is -2.34. The van der Waals surface area contributed by atoms with Gasteiger partial charge in [-0.3, -0.25) is 4.21 Å². The van der Waals surface area contributed by atoms with Gasteiger partial charge in [0.2, 0.25) is 0 Å². The van der Waals surface area contributed by atoms with E-state index in [2.05, 4.69) is 50.4 Å². The molecule has 1 rings (SSSR count). The Hall–Kier alpha value is -0.670. The SMILES string of the molecule is CC(CCS(C)=O)NC(c1ccccc1)C(C)C. The lowest BCUT2D eigenvalue weighted by molar-refractivity contribution is 0.365. The Bertz CT molecular complexity index is 364. The molecule has 1 aromatic rings. The van der Waals surface area contributed by atoms with Crippen molar-refractivity contribution in [1.29, 1.82) is 0 Å². The maximum absolute atomic E-state index is 11.1. The molecule has 1 N–H and O–H groups in total. The van der Waals surface area contributed by atoms with Crippen molar-refractivity contribution in [2.75, 3.05) is 12.0 Å². The standard InChI is InChI=1S/C15H25NOS/c1-12(2)15(14-8-6-5-7-9-14)16-13(3)10-11-18(4)17/h5-9,12-13,15-16H,10-11H2,1-4H3. The molecule has 0 spiro atoms. The molecule has 18 heavy (non-hydrogen) atoms. The Labute approximate surface area is 114 Å². The van der Waals surface area contributed by atoms with Gasteiger partial charge in [-0.25, -0.2) is 0 Å². The van der Waals surface area contributed by atoms with Gasteiger partial charge in [-0.05, 0) is 24.8 Å². The predicted molar refractivity (Wildman–Crippen MR) is 80.2 cm³/mol. The molecule has 0 saturated carbocycles. The molecule has 0 aliphatic heterocycles. The first-order valence-corrected chi connectivity index (χ1v) is 8.34. The van der Waals surface area contributed by atoms with E-state index in [1.165, 1.54) is 5.56 Å². The molecule has 0 heterocycles. The van der Waals surface area contributed by atoms with E-state index in [0.29, 0.717) is 18.0 Å². The molecule has 3 heteroatoms. The second-order valence-electron chi connectivity index (χ2n) is 5.27. The Morgan fingerprint density at radius 1 is 1.17 bits per heavy atom. The van der Waals surface area contributed by atoms with Gasteiger partial charge in [-0.15, -0.1) is 0 Å². The van der Waals surface area contributed by atoms with E-state index in [4.69, 9.17) is 0 Å². The first-order chi connectivity index (χ1) is 8.50. The highest BCUT2D eigenvalue weighted by Gasteiger charge is 2.17. The van der Waals surface area contributed by atoms with E-state index in [-0.39, 0.29) is 0 Å². The third-order valence-corrected chi connectivity index (χ3v) is 3.94. The summed E-state index contributed by atoms with van der Waals surface area (Å²) in [7, 11) is -0.696. The summed E-state index contributed by atoms with van der Waals surface area (Å²) in [5, 5.41) is 3.65. The van der Waals surface area contributed by atoms with Crippen molar-refractivity contribution in [3.63, 3.8) is 0 Å². The Kier molecular flexibility index (Phi) is 6.58. The van der Waals surface area contributed by atoms with Crippen molar-refractivity contribution in [3.8, 4) is 0 Å². The van der Waals surface area contributed by atoms with Gasteiger partial charge in [-0.1, -0.05) is 44.2 Å². The molecule has 3 unspecified atom stereocenters. The maximum atomic E-state index is 11.1. The minimum Gasteiger partial charge on any atom is -0.307 e. The van der Waals surface area contributed by atoms with Crippen LogP contribution in [0.1, 0.15) is 38.8 Å². The van der Waals surface area contributed by atoms with Crippen LogP contribution in [-0.2, 0) is 10.8 Å². The highest BCUT2D eigenvalue weighted by Crippen LogP contribution is 2.22. The zero-order valence-electron chi connectivity index (χ0n) is 11.8. The summed E-state index contributed by atoms with van der Waals surface area (Å²) < 4.78 is 11.1. The fourth-order valence-corrected chi connectivity index (χ4v) is 2.75. The smallest absolute Gasteiger partial charge is 0.0345 e. The van der Waals surface area contributed by atoms with Crippen molar-refractivity contribution in [1.82, 2.24) is 5.32 Å². The van der Waals surface area contributed by atoms with Crippen LogP contribution in [0.4, 0.5) is 0 Å². The highest BCUT2D eigenvalue weighted by atomic mass is 32.2. The van der Waals surface area contributed by atoms with Crippen molar-refractivity contribution in [2.24, 2.45) is 5.92 Å². The first-order valence-electron chi connectivity index (χ1n) is 6.61. The molecule has 1 aromatic carbocycles. The van der Waals surface area contributed by atoms with Crippen LogP contribution < -0.4 is 5.32 Å². The molecule has 0 saturated heterocycles. The maximum Gasteiger partial charge on any atom is 0.0345 e. The normalized spacial score (nSPS) is 16.5. The van der Waals surface area contributed by atoms with Crippen LogP contribution in [0, 0.1) is 5.92 Å². The number of nitrogens with one attached hydrogen (secondary N) is 1. The summed E-state index contributed by atoms with van der Waals surface area (Å²) >= 11 is 0. The Morgan fingerprint density at radius 2 is 1.78 bits per heavy atom. The van der Waals surface area contributed by atoms with Crippen LogP contribution in [0.25, 0.3) is 0 Å². The molecular formula is C15H25NOS. The van der Waals surface area contributed by atoms with Gasteiger partial charge in [0.1, 0.15) is 0 Å². The van der Waals surface area contributed by atoms with Gasteiger partial charge in [0.05, 0.1) is 0 Å². The second-order valence-corrected chi connectivity index (χ2v) is 6.82. The topological polar surface area (TPSA) is 29.1 Å². The number of hydrogen-bond donors (Lipinski definition) is 1. The first kappa shape index (κ1) is 15.4. The number of rotatable bonds is 7. The summed E-state index contributed by atoms with van der Waals surface area (Å²) in [6, 6.07) is 11.3. The van der Waals surface area contributed by atoms with Crippen molar-refractivity contribution in [3.05, 3.63) is 35.9 Å². The molecule has 0 aliphatic rings. The molecule has 0 aromatic heterocycles. The molecule has 0 fully saturated rings. The largest absolute Gasteiger partial charge is 0.307 e. The molecule has 102 valence electrons. The van der Waals surface area contributed by atoms with Crippen molar-refractivity contribution < 1.29 is 4.21 Å². The fourth-order valence-electron chi connectivity index (χ4n) is 2.07. The quantitative estimate of drug-likeness (QED) is 0.822. The summed E-state index contributed by atoms with van der Waals surface area (Å²) in [6.45, 7) is 6.63. The van der Waals surface area contributed by atoms with Gasteiger partial charge in [-0.2, -0.15) is 0 Å². The van der Waals surface area contributed by atoms with Crippen LogP contribution in [0.5, 0.6) is 0 Å². The van der Waals surface area contributed by atoms with E-state index in [0.717, 1.165) is 12.2 Å². The van der Waals surface area contributed by atoms with Crippen molar-refractivity contribution in [2.45, 2.75) is 39.3 Å². The van der Waals surface area contributed by atoms with Gasteiger partial charge in [0.15, 0.2) is 0 Å². The highest BCUT2D eigenvalue weighted by molar-refractivity contribution is 7.84. The summed E-state index contributed by atoms with van der Waals surface area (Å²) in [6.07, 6.45) is 2.73. The lowest BCUT2D eigenvalue weighted by Gasteiger charge is -2.27. The van der Waals surface area contributed by atoms with Crippen LogP contribution >= 0.6 is 0 Å². The molecular weight excluding hydrogens is 242 g/mol. The molecule has 0 radical (unpaired) electrons. The van der Waals surface area contributed by atoms with Gasteiger partial charge >= 0.3 is 0 Å². The second kappa shape index (κ2) is 7.70. The van der Waals surface area contributed by atoms with E-state index in [1.54, 1.807) is 6.26 Å². The van der Waals surface area contributed by atoms with Crippen molar-refractivity contribution >= 4 is 10.8 Å². The molecule has 0 bridgehead atoms. The lowest BCUT2D eigenvalue weighted by atomic mass is 9.95. The van der Waals surface area contributed by atoms with Crippen LogP contribution in [0.2, 0.25) is 0 Å². The van der Waals surface area contributed by atoms with Gasteiger partial charge < -0.3 is 5.32 Å². The molecule has 0 amide bonds. The Balaban J connectivity index is 2.61. The number of benzene rings is 1. The molecule has 3 atom stereocenters. The summed E-state index contributed by atoms with van der Waals surface area (Å²) in [5.41, 5.74) is 1.33. The minimum atomic E-state index is -0.696. The Morgan fingerprint density at radius 3 is 2.28 bits per heavy atom.